The molecule has 0 saturated carbocycles. The van der Waals surface area contributed by atoms with Crippen LogP contribution in [0.5, 0.6) is 0 Å². The molecule has 1 N–H and O–H groups in total. The number of nitrogens with one attached hydrogen (secondary N) is 1. The second-order valence-electron chi connectivity index (χ2n) is 6.94. The van der Waals surface area contributed by atoms with E-state index in [-0.39, 0.29) is 12.1 Å². The number of nitrogens with zero attached hydrogens (tertiary/aromatic N) is 3. The lowest BCUT2D eigenvalue weighted by molar-refractivity contribution is 0.204. The molecule has 1 aliphatic heterocycles. The molecule has 0 bridgehead atoms. The fourth-order valence-corrected chi connectivity index (χ4v) is 4.39. The highest BCUT2D eigenvalue weighted by Crippen LogP contribution is 2.34. The van der Waals surface area contributed by atoms with Crippen LogP contribution < -0.4 is 5.32 Å². The number of aryl methyl sites for hydroxylation is 2. The normalized spacial score (nSPS) is 16.9. The quantitative estimate of drug-likeness (QED) is 0.601. The van der Waals surface area contributed by atoms with Gasteiger partial charge in [-0.1, -0.05) is 28.1 Å². The summed E-state index contributed by atoms with van der Waals surface area (Å²) in [4.78, 5) is 19.8. The van der Waals surface area contributed by atoms with Crippen LogP contribution in [-0.4, -0.2) is 27.0 Å². The first-order valence-corrected chi connectivity index (χ1v) is 10.2. The van der Waals surface area contributed by atoms with Gasteiger partial charge < -0.3 is 14.8 Å². The van der Waals surface area contributed by atoms with Gasteiger partial charge in [0.25, 0.3) is 0 Å². The van der Waals surface area contributed by atoms with Crippen molar-refractivity contribution in [3.8, 4) is 0 Å². The number of carbonyl (C=O) groups excluding carboxylic acids is 1. The van der Waals surface area contributed by atoms with Crippen LogP contribution in [-0.2, 0) is 6.54 Å². The van der Waals surface area contributed by atoms with Crippen LogP contribution in [0.3, 0.4) is 0 Å². The molecule has 0 aliphatic carbocycles. The van der Waals surface area contributed by atoms with Crippen molar-refractivity contribution in [2.24, 2.45) is 0 Å². The molecule has 3 aromatic rings. The molecule has 4 rings (SSSR count). The first-order valence-electron chi connectivity index (χ1n) is 9.37. The van der Waals surface area contributed by atoms with E-state index >= 15 is 0 Å². The zero-order valence-corrected chi connectivity index (χ0v) is 17.2. The molecule has 5 nitrogen and oxygen atoms in total. The fourth-order valence-electron chi connectivity index (χ4n) is 3.91. The number of likely N-dealkylation sites (tertiary alicyclic amines) is 1. The number of amides is 2. The summed E-state index contributed by atoms with van der Waals surface area (Å²) >= 11 is 3.47. The van der Waals surface area contributed by atoms with Gasteiger partial charge in [0.1, 0.15) is 5.82 Å². The van der Waals surface area contributed by atoms with Crippen LogP contribution in [0.4, 0.5) is 10.5 Å². The van der Waals surface area contributed by atoms with Gasteiger partial charge in [-0.3, -0.25) is 0 Å². The van der Waals surface area contributed by atoms with Crippen LogP contribution in [0.1, 0.15) is 37.2 Å². The van der Waals surface area contributed by atoms with E-state index < -0.39 is 0 Å². The number of para-hydroxylation sites is 2. The number of anilines is 1. The molecular formula is C21H23BrN4O. The van der Waals surface area contributed by atoms with E-state index in [0.717, 1.165) is 58.5 Å². The number of carbonyl (C=O) groups is 1. The van der Waals surface area contributed by atoms with Gasteiger partial charge in [0.2, 0.25) is 0 Å². The summed E-state index contributed by atoms with van der Waals surface area (Å²) in [5, 5.41) is 3.08. The maximum atomic E-state index is 13.0. The molecule has 1 aliphatic rings. The molecule has 6 heteroatoms. The molecule has 1 atom stereocenters. The Bertz CT molecular complexity index is 997. The first kappa shape index (κ1) is 18.0. The molecule has 1 fully saturated rings. The first-order chi connectivity index (χ1) is 13.1. The van der Waals surface area contributed by atoms with Gasteiger partial charge >= 0.3 is 6.03 Å². The van der Waals surface area contributed by atoms with E-state index in [1.54, 1.807) is 0 Å². The molecular weight excluding hydrogens is 404 g/mol. The maximum Gasteiger partial charge on any atom is 0.322 e. The lowest BCUT2D eigenvalue weighted by Gasteiger charge is -2.25. The van der Waals surface area contributed by atoms with E-state index in [0.29, 0.717) is 0 Å². The van der Waals surface area contributed by atoms with Gasteiger partial charge in [0.05, 0.1) is 17.1 Å². The third kappa shape index (κ3) is 3.34. The number of fused-ring (bicyclic) bond motifs is 1. The van der Waals surface area contributed by atoms with Gasteiger partial charge in [-0.15, -0.1) is 0 Å². The van der Waals surface area contributed by atoms with E-state index in [1.165, 1.54) is 0 Å². The van der Waals surface area contributed by atoms with Gasteiger partial charge in [0.15, 0.2) is 0 Å². The highest BCUT2D eigenvalue weighted by atomic mass is 79.9. The number of hydrogen-bond donors (Lipinski definition) is 1. The number of urea groups is 1. The van der Waals surface area contributed by atoms with Crippen molar-refractivity contribution in [3.63, 3.8) is 0 Å². The Morgan fingerprint density at radius 3 is 2.89 bits per heavy atom. The van der Waals surface area contributed by atoms with Crippen molar-refractivity contribution < 1.29 is 4.79 Å². The Balaban J connectivity index is 1.63. The minimum atomic E-state index is -0.0577. The largest absolute Gasteiger partial charge is 0.327 e. The molecule has 2 amide bonds. The average Bonchev–Trinajstić information content (AvgIpc) is 3.27. The zero-order valence-electron chi connectivity index (χ0n) is 15.6. The summed E-state index contributed by atoms with van der Waals surface area (Å²) in [6, 6.07) is 14.0. The van der Waals surface area contributed by atoms with Crippen LogP contribution in [0, 0.1) is 6.92 Å². The summed E-state index contributed by atoms with van der Waals surface area (Å²) in [5.41, 5.74) is 4.00. The average molecular weight is 427 g/mol. The molecule has 1 saturated heterocycles. The van der Waals surface area contributed by atoms with Crippen LogP contribution >= 0.6 is 15.9 Å². The minimum absolute atomic E-state index is 0.00750. The molecule has 1 aromatic heterocycles. The van der Waals surface area contributed by atoms with Gasteiger partial charge in [-0.25, -0.2) is 9.78 Å². The highest BCUT2D eigenvalue weighted by molar-refractivity contribution is 9.10. The molecule has 0 spiro atoms. The van der Waals surface area contributed by atoms with Crippen LogP contribution in [0.2, 0.25) is 0 Å². The fraction of sp³-hybridized carbons (Fsp3) is 0.333. The molecule has 140 valence electrons. The van der Waals surface area contributed by atoms with Crippen molar-refractivity contribution in [3.05, 3.63) is 58.3 Å². The van der Waals surface area contributed by atoms with Gasteiger partial charge in [0, 0.05) is 23.2 Å². The number of hydrogen-bond acceptors (Lipinski definition) is 2. The number of benzene rings is 2. The number of imidazole rings is 1. The molecule has 1 unspecified atom stereocenters. The summed E-state index contributed by atoms with van der Waals surface area (Å²) in [5.74, 6) is 0.985. The minimum Gasteiger partial charge on any atom is -0.327 e. The molecule has 2 heterocycles. The Morgan fingerprint density at radius 1 is 1.30 bits per heavy atom. The maximum absolute atomic E-state index is 13.0. The molecule has 2 aromatic carbocycles. The highest BCUT2D eigenvalue weighted by Gasteiger charge is 2.33. The number of halogens is 1. The molecule has 0 radical (unpaired) electrons. The number of aromatic nitrogens is 2. The smallest absolute Gasteiger partial charge is 0.322 e. The lowest BCUT2D eigenvalue weighted by Crippen LogP contribution is -2.35. The zero-order chi connectivity index (χ0) is 19.0. The van der Waals surface area contributed by atoms with Gasteiger partial charge in [-0.2, -0.15) is 0 Å². The van der Waals surface area contributed by atoms with Crippen molar-refractivity contribution in [2.75, 3.05) is 11.9 Å². The Labute approximate surface area is 167 Å². The van der Waals surface area contributed by atoms with E-state index in [4.69, 9.17) is 4.98 Å². The standard InChI is InChI=1S/C21H23BrN4O/c1-3-25-18-8-5-4-7-17(18)23-20(25)19-9-6-12-26(19)21(27)24-16-11-10-15(22)13-14(16)2/h4-5,7-8,10-11,13,19H,3,6,9,12H2,1-2H3,(H,24,27). The van der Waals surface area contributed by atoms with E-state index in [1.807, 2.05) is 48.2 Å². The van der Waals surface area contributed by atoms with Crippen LogP contribution in [0.25, 0.3) is 11.0 Å². The van der Waals surface area contributed by atoms with Crippen molar-refractivity contribution >= 4 is 38.7 Å². The Hall–Kier alpha value is -2.34. The second kappa shape index (κ2) is 7.35. The predicted molar refractivity (Wildman–Crippen MR) is 112 cm³/mol. The third-order valence-electron chi connectivity index (χ3n) is 5.24. The lowest BCUT2D eigenvalue weighted by atomic mass is 10.2. The monoisotopic (exact) mass is 426 g/mol. The summed E-state index contributed by atoms with van der Waals surface area (Å²) in [7, 11) is 0. The van der Waals surface area contributed by atoms with Crippen molar-refractivity contribution in [1.82, 2.24) is 14.5 Å². The summed E-state index contributed by atoms with van der Waals surface area (Å²) in [6.07, 6.45) is 1.93. The predicted octanol–water partition coefficient (Wildman–Crippen LogP) is 5.50. The molecule has 27 heavy (non-hydrogen) atoms. The Morgan fingerprint density at radius 2 is 2.11 bits per heavy atom. The third-order valence-corrected chi connectivity index (χ3v) is 5.74. The Kier molecular flexibility index (Phi) is 4.91. The van der Waals surface area contributed by atoms with Crippen LogP contribution in [0.15, 0.2) is 46.9 Å². The van der Waals surface area contributed by atoms with E-state index in [2.05, 4.69) is 38.8 Å². The SMILES string of the molecule is CCn1c(C2CCCN2C(=O)Nc2ccc(Br)cc2C)nc2ccccc21. The number of rotatable bonds is 3. The van der Waals surface area contributed by atoms with Crippen molar-refractivity contribution in [1.29, 1.82) is 0 Å². The topological polar surface area (TPSA) is 50.2 Å². The van der Waals surface area contributed by atoms with E-state index in [9.17, 15) is 4.79 Å². The summed E-state index contributed by atoms with van der Waals surface area (Å²) in [6.45, 7) is 5.72. The summed E-state index contributed by atoms with van der Waals surface area (Å²) < 4.78 is 3.24. The second-order valence-corrected chi connectivity index (χ2v) is 7.86. The van der Waals surface area contributed by atoms with Gasteiger partial charge in [-0.05, 0) is 62.6 Å². The van der Waals surface area contributed by atoms with Crippen molar-refractivity contribution in [2.45, 2.75) is 39.3 Å².